The molecule has 0 aliphatic carbocycles. The van der Waals surface area contributed by atoms with Crippen LogP contribution in [-0.4, -0.2) is 48.7 Å². The van der Waals surface area contributed by atoms with Gasteiger partial charge in [0.25, 0.3) is 0 Å². The molecule has 0 aliphatic rings. The molecule has 94 valence electrons. The summed E-state index contributed by atoms with van der Waals surface area (Å²) in [5.41, 5.74) is 0. The fraction of sp³-hybridized carbons (Fsp3) is 0.818. The minimum absolute atomic E-state index is 0.0650. The molecule has 0 saturated carbocycles. The summed E-state index contributed by atoms with van der Waals surface area (Å²) in [6, 6.07) is 0. The second-order valence-corrected chi connectivity index (χ2v) is 4.09. The molecule has 1 amide bonds. The van der Waals surface area contributed by atoms with Crippen molar-refractivity contribution in [1.29, 1.82) is 0 Å². The maximum Gasteiger partial charge on any atom is 0.310 e. The minimum atomic E-state index is -0.376. The number of rotatable bonds is 6. The van der Waals surface area contributed by atoms with Crippen molar-refractivity contribution in [2.24, 2.45) is 11.8 Å². The zero-order valence-corrected chi connectivity index (χ0v) is 10.4. The largest absolute Gasteiger partial charge is 0.469 e. The van der Waals surface area contributed by atoms with E-state index in [-0.39, 0.29) is 43.4 Å². The number of methoxy groups -OCH3 is 1. The Bertz CT molecular complexity index is 240. The van der Waals surface area contributed by atoms with E-state index >= 15 is 0 Å². The van der Waals surface area contributed by atoms with Gasteiger partial charge < -0.3 is 14.7 Å². The fourth-order valence-corrected chi connectivity index (χ4v) is 1.38. The normalized spacial score (nSPS) is 12.4. The van der Waals surface area contributed by atoms with E-state index in [9.17, 15) is 9.59 Å². The maximum absolute atomic E-state index is 11.7. The second-order valence-electron chi connectivity index (χ2n) is 4.09. The number of hydrogen-bond acceptors (Lipinski definition) is 4. The van der Waals surface area contributed by atoms with E-state index in [4.69, 9.17) is 5.11 Å². The highest BCUT2D eigenvalue weighted by molar-refractivity contribution is 5.79. The lowest BCUT2D eigenvalue weighted by Gasteiger charge is -2.25. The van der Waals surface area contributed by atoms with Crippen molar-refractivity contribution in [3.63, 3.8) is 0 Å². The van der Waals surface area contributed by atoms with Crippen LogP contribution in [0.15, 0.2) is 0 Å². The number of amides is 1. The van der Waals surface area contributed by atoms with Crippen molar-refractivity contribution >= 4 is 11.9 Å². The third-order valence-corrected chi connectivity index (χ3v) is 2.27. The lowest BCUT2D eigenvalue weighted by Crippen LogP contribution is -2.41. The Morgan fingerprint density at radius 1 is 1.31 bits per heavy atom. The first-order valence-electron chi connectivity index (χ1n) is 5.41. The first kappa shape index (κ1) is 14.9. The van der Waals surface area contributed by atoms with E-state index < -0.39 is 0 Å². The zero-order chi connectivity index (χ0) is 12.7. The average molecular weight is 231 g/mol. The van der Waals surface area contributed by atoms with Gasteiger partial charge in [-0.2, -0.15) is 0 Å². The first-order chi connectivity index (χ1) is 7.43. The summed E-state index contributed by atoms with van der Waals surface area (Å²) in [5.74, 6) is -0.931. The molecule has 0 aromatic rings. The molecule has 0 rings (SSSR count). The molecule has 1 unspecified atom stereocenters. The van der Waals surface area contributed by atoms with Crippen LogP contribution in [0.4, 0.5) is 0 Å². The molecule has 1 atom stereocenters. The summed E-state index contributed by atoms with van der Waals surface area (Å²) in [6.45, 7) is 5.70. The molecule has 0 radical (unpaired) electrons. The molecule has 5 nitrogen and oxygen atoms in total. The van der Waals surface area contributed by atoms with Gasteiger partial charge in [0.2, 0.25) is 5.91 Å². The molecule has 0 spiro atoms. The molecule has 0 fully saturated rings. The summed E-state index contributed by atoms with van der Waals surface area (Å²) in [6.07, 6.45) is 0. The number of hydrogen-bond donors (Lipinski definition) is 1. The third-order valence-electron chi connectivity index (χ3n) is 2.27. The molecule has 0 bridgehead atoms. The van der Waals surface area contributed by atoms with Crippen molar-refractivity contribution in [1.82, 2.24) is 4.90 Å². The Morgan fingerprint density at radius 3 is 2.25 bits per heavy atom. The van der Waals surface area contributed by atoms with Gasteiger partial charge in [-0.15, -0.1) is 0 Å². The van der Waals surface area contributed by atoms with Crippen LogP contribution in [0.25, 0.3) is 0 Å². The van der Waals surface area contributed by atoms with Gasteiger partial charge in [-0.1, -0.05) is 20.8 Å². The van der Waals surface area contributed by atoms with Crippen LogP contribution in [0.1, 0.15) is 20.8 Å². The third kappa shape index (κ3) is 4.61. The van der Waals surface area contributed by atoms with Gasteiger partial charge in [0.05, 0.1) is 19.6 Å². The van der Waals surface area contributed by atoms with E-state index in [1.807, 2.05) is 0 Å². The topological polar surface area (TPSA) is 66.8 Å². The fourth-order valence-electron chi connectivity index (χ4n) is 1.38. The van der Waals surface area contributed by atoms with Crippen LogP contribution in [0.3, 0.4) is 0 Å². The first-order valence-corrected chi connectivity index (χ1v) is 5.41. The van der Waals surface area contributed by atoms with Gasteiger partial charge in [0.1, 0.15) is 0 Å². The van der Waals surface area contributed by atoms with Crippen molar-refractivity contribution in [3.05, 3.63) is 0 Å². The Morgan fingerprint density at radius 2 is 1.88 bits per heavy atom. The lowest BCUT2D eigenvalue weighted by atomic mass is 10.1. The Labute approximate surface area is 96.4 Å². The van der Waals surface area contributed by atoms with E-state index in [1.165, 1.54) is 12.0 Å². The van der Waals surface area contributed by atoms with Crippen molar-refractivity contribution in [2.45, 2.75) is 20.8 Å². The summed E-state index contributed by atoms with van der Waals surface area (Å²) in [7, 11) is 1.32. The minimum Gasteiger partial charge on any atom is -0.469 e. The van der Waals surface area contributed by atoms with Crippen molar-refractivity contribution in [3.8, 4) is 0 Å². The number of esters is 1. The maximum atomic E-state index is 11.7. The predicted molar refractivity (Wildman–Crippen MR) is 59.7 cm³/mol. The van der Waals surface area contributed by atoms with Gasteiger partial charge in [0.15, 0.2) is 0 Å². The molecule has 0 aliphatic heterocycles. The number of carbonyl (C=O) groups is 2. The standard InChI is InChI=1S/C11H21NO4/c1-8(2)10(14)12(5-6-13)7-9(3)11(15)16-4/h8-9,13H,5-7H2,1-4H3. The summed E-state index contributed by atoms with van der Waals surface area (Å²) in [5, 5.41) is 8.87. The van der Waals surface area contributed by atoms with Crippen molar-refractivity contribution < 1.29 is 19.4 Å². The van der Waals surface area contributed by atoms with Crippen LogP contribution in [0.2, 0.25) is 0 Å². The molecular formula is C11H21NO4. The summed E-state index contributed by atoms with van der Waals surface area (Å²) >= 11 is 0. The molecule has 0 heterocycles. The number of ether oxygens (including phenoxy) is 1. The van der Waals surface area contributed by atoms with Crippen LogP contribution in [-0.2, 0) is 14.3 Å². The van der Waals surface area contributed by atoms with Crippen LogP contribution in [0, 0.1) is 11.8 Å². The van der Waals surface area contributed by atoms with Gasteiger partial charge in [-0.3, -0.25) is 9.59 Å². The van der Waals surface area contributed by atoms with Crippen LogP contribution >= 0.6 is 0 Å². The van der Waals surface area contributed by atoms with Crippen molar-refractivity contribution in [2.75, 3.05) is 26.8 Å². The lowest BCUT2D eigenvalue weighted by molar-refractivity contribution is -0.147. The van der Waals surface area contributed by atoms with E-state index in [1.54, 1.807) is 20.8 Å². The van der Waals surface area contributed by atoms with E-state index in [0.717, 1.165) is 0 Å². The Kier molecular flexibility index (Phi) is 6.72. The van der Waals surface area contributed by atoms with E-state index in [2.05, 4.69) is 4.74 Å². The summed E-state index contributed by atoms with van der Waals surface area (Å²) in [4.78, 5) is 24.5. The highest BCUT2D eigenvalue weighted by atomic mass is 16.5. The van der Waals surface area contributed by atoms with E-state index in [0.29, 0.717) is 0 Å². The Hall–Kier alpha value is -1.10. The van der Waals surface area contributed by atoms with Gasteiger partial charge >= 0.3 is 5.97 Å². The number of aliphatic hydroxyl groups is 1. The number of carbonyl (C=O) groups excluding carboxylic acids is 2. The van der Waals surface area contributed by atoms with Gasteiger partial charge in [-0.05, 0) is 0 Å². The smallest absolute Gasteiger partial charge is 0.310 e. The molecule has 0 aromatic carbocycles. The highest BCUT2D eigenvalue weighted by Gasteiger charge is 2.22. The van der Waals surface area contributed by atoms with Gasteiger partial charge in [0, 0.05) is 19.0 Å². The molecule has 5 heteroatoms. The summed E-state index contributed by atoms with van der Waals surface area (Å²) < 4.78 is 4.59. The second kappa shape index (κ2) is 7.22. The quantitative estimate of drug-likeness (QED) is 0.666. The number of aliphatic hydroxyl groups excluding tert-OH is 1. The van der Waals surface area contributed by atoms with Gasteiger partial charge in [-0.25, -0.2) is 0 Å². The molecule has 1 N–H and O–H groups in total. The molecule has 0 aromatic heterocycles. The molecular weight excluding hydrogens is 210 g/mol. The SMILES string of the molecule is COC(=O)C(C)CN(CCO)C(=O)C(C)C. The zero-order valence-electron chi connectivity index (χ0n) is 10.4. The predicted octanol–water partition coefficient (Wildman–Crippen LogP) is 0.272. The molecule has 16 heavy (non-hydrogen) atoms. The van der Waals surface area contributed by atoms with Crippen LogP contribution < -0.4 is 0 Å². The Balaban J connectivity index is 4.44. The monoisotopic (exact) mass is 231 g/mol. The average Bonchev–Trinajstić information content (AvgIpc) is 2.25. The molecule has 0 saturated heterocycles. The highest BCUT2D eigenvalue weighted by Crippen LogP contribution is 2.07. The van der Waals surface area contributed by atoms with Crippen LogP contribution in [0.5, 0.6) is 0 Å². The number of nitrogens with zero attached hydrogens (tertiary/aromatic N) is 1.